The Bertz CT molecular complexity index is 952. The molecule has 8 nitrogen and oxygen atoms in total. The Kier molecular flexibility index (Phi) is 6.99. The molecular formula is C19H25N4O4S2+. The second-order valence-electron chi connectivity index (χ2n) is 7.14. The number of aryl methyl sites for hydroxylation is 1. The van der Waals surface area contributed by atoms with Gasteiger partial charge in [0.05, 0.1) is 0 Å². The molecule has 2 aromatic heterocycles. The van der Waals surface area contributed by atoms with Crippen LogP contribution in [0.2, 0.25) is 0 Å². The number of hydrazine groups is 1. The quantitative estimate of drug-likeness (QED) is 0.465. The molecule has 29 heavy (non-hydrogen) atoms. The molecule has 3 rings (SSSR count). The molecule has 0 aliphatic heterocycles. The number of thiophene rings is 1. The second kappa shape index (κ2) is 9.47. The van der Waals surface area contributed by atoms with E-state index in [2.05, 4.69) is 15.6 Å². The van der Waals surface area contributed by atoms with Crippen molar-refractivity contribution in [2.45, 2.75) is 29.9 Å². The fourth-order valence-electron chi connectivity index (χ4n) is 3.39. The fraction of sp³-hybridized carbons (Fsp3) is 0.421. The first-order valence-corrected chi connectivity index (χ1v) is 11.8. The molecule has 0 aromatic carbocycles. The number of hydrogen-bond acceptors (Lipinski definition) is 5. The van der Waals surface area contributed by atoms with Crippen LogP contribution >= 0.6 is 11.3 Å². The topological polar surface area (TPSA) is 108 Å². The number of aromatic nitrogens is 1. The van der Waals surface area contributed by atoms with Crippen LogP contribution in [0.5, 0.6) is 0 Å². The lowest BCUT2D eigenvalue weighted by atomic mass is 9.82. The van der Waals surface area contributed by atoms with E-state index in [1.165, 1.54) is 11.3 Å². The first kappa shape index (κ1) is 21.4. The van der Waals surface area contributed by atoms with Crippen molar-refractivity contribution in [3.8, 4) is 0 Å². The SMILES string of the molecule is C[n+]1ccccc1C(=O)NNC(=O)C1CCC(CNS(=O)(=O)c2cccs2)CC1. The third-order valence-corrected chi connectivity index (χ3v) is 7.95. The van der Waals surface area contributed by atoms with Crippen LogP contribution in [-0.2, 0) is 21.9 Å². The van der Waals surface area contributed by atoms with Crippen molar-refractivity contribution >= 4 is 33.2 Å². The maximum Gasteiger partial charge on any atom is 0.334 e. The Morgan fingerprint density at radius 3 is 2.52 bits per heavy atom. The lowest BCUT2D eigenvalue weighted by molar-refractivity contribution is -0.673. The van der Waals surface area contributed by atoms with Gasteiger partial charge in [-0.25, -0.2) is 13.1 Å². The Morgan fingerprint density at radius 2 is 1.86 bits per heavy atom. The van der Waals surface area contributed by atoms with Gasteiger partial charge in [0.15, 0.2) is 6.20 Å². The predicted molar refractivity (Wildman–Crippen MR) is 108 cm³/mol. The monoisotopic (exact) mass is 437 g/mol. The zero-order valence-electron chi connectivity index (χ0n) is 16.1. The highest BCUT2D eigenvalue weighted by molar-refractivity contribution is 7.91. The lowest BCUT2D eigenvalue weighted by Crippen LogP contribution is -2.49. The van der Waals surface area contributed by atoms with Gasteiger partial charge in [-0.05, 0) is 49.1 Å². The zero-order valence-corrected chi connectivity index (χ0v) is 17.8. The molecule has 0 unspecified atom stereocenters. The molecule has 1 fully saturated rings. The van der Waals surface area contributed by atoms with Gasteiger partial charge in [-0.15, -0.1) is 11.3 Å². The van der Waals surface area contributed by atoms with Gasteiger partial charge in [0.2, 0.25) is 15.9 Å². The molecule has 2 amide bonds. The van der Waals surface area contributed by atoms with E-state index >= 15 is 0 Å². The molecule has 10 heteroatoms. The normalized spacial score (nSPS) is 19.5. The van der Waals surface area contributed by atoms with Gasteiger partial charge in [0, 0.05) is 24.6 Å². The van der Waals surface area contributed by atoms with Crippen LogP contribution in [0.15, 0.2) is 46.1 Å². The fourth-order valence-corrected chi connectivity index (χ4v) is 5.54. The highest BCUT2D eigenvalue weighted by Crippen LogP contribution is 2.29. The Morgan fingerprint density at radius 1 is 1.10 bits per heavy atom. The summed E-state index contributed by atoms with van der Waals surface area (Å²) in [5, 5.41) is 1.73. The van der Waals surface area contributed by atoms with E-state index in [1.807, 2.05) is 6.07 Å². The molecule has 1 saturated carbocycles. The number of sulfonamides is 1. The van der Waals surface area contributed by atoms with Crippen LogP contribution in [0.3, 0.4) is 0 Å². The Hall–Kier alpha value is -2.30. The van der Waals surface area contributed by atoms with E-state index in [9.17, 15) is 18.0 Å². The molecule has 3 N–H and O–H groups in total. The van der Waals surface area contributed by atoms with Gasteiger partial charge in [-0.1, -0.05) is 6.07 Å². The van der Waals surface area contributed by atoms with Crippen molar-refractivity contribution in [2.75, 3.05) is 6.54 Å². The summed E-state index contributed by atoms with van der Waals surface area (Å²) in [5.41, 5.74) is 5.40. The minimum Gasteiger partial charge on any atom is -0.273 e. The predicted octanol–water partition coefficient (Wildman–Crippen LogP) is 1.12. The molecule has 0 atom stereocenters. The number of rotatable bonds is 6. The van der Waals surface area contributed by atoms with Crippen molar-refractivity contribution in [3.05, 3.63) is 47.6 Å². The highest BCUT2D eigenvalue weighted by Gasteiger charge is 2.28. The summed E-state index contributed by atoms with van der Waals surface area (Å²) in [6.07, 6.45) is 4.59. The van der Waals surface area contributed by atoms with Crippen molar-refractivity contribution < 1.29 is 22.6 Å². The van der Waals surface area contributed by atoms with Crippen LogP contribution in [0, 0.1) is 11.8 Å². The Labute approximate surface area is 174 Å². The van der Waals surface area contributed by atoms with Gasteiger partial charge >= 0.3 is 5.91 Å². The summed E-state index contributed by atoms with van der Waals surface area (Å²) in [6, 6.07) is 8.53. The van der Waals surface area contributed by atoms with E-state index in [0.29, 0.717) is 29.3 Å². The summed E-state index contributed by atoms with van der Waals surface area (Å²) >= 11 is 1.19. The van der Waals surface area contributed by atoms with Crippen LogP contribution in [0.1, 0.15) is 36.2 Å². The smallest absolute Gasteiger partial charge is 0.273 e. The molecule has 2 aromatic rings. The maximum atomic E-state index is 12.4. The number of amides is 2. The number of nitrogens with zero attached hydrogens (tertiary/aromatic N) is 1. The van der Waals surface area contributed by atoms with Gasteiger partial charge in [0.25, 0.3) is 5.69 Å². The molecule has 2 heterocycles. The van der Waals surface area contributed by atoms with E-state index in [1.54, 1.807) is 47.5 Å². The first-order chi connectivity index (χ1) is 13.9. The summed E-state index contributed by atoms with van der Waals surface area (Å²) in [4.78, 5) is 24.5. The van der Waals surface area contributed by atoms with Crippen LogP contribution in [0.4, 0.5) is 0 Å². The number of nitrogens with one attached hydrogen (secondary N) is 3. The summed E-state index contributed by atoms with van der Waals surface area (Å²) in [6.45, 7) is 0.371. The Balaban J connectivity index is 1.41. The molecule has 0 bridgehead atoms. The van der Waals surface area contributed by atoms with Crippen LogP contribution in [0.25, 0.3) is 0 Å². The molecular weight excluding hydrogens is 412 g/mol. The second-order valence-corrected chi connectivity index (χ2v) is 10.1. The molecule has 0 saturated heterocycles. The number of pyridine rings is 1. The third-order valence-electron chi connectivity index (χ3n) is 5.13. The van der Waals surface area contributed by atoms with E-state index < -0.39 is 10.0 Å². The van der Waals surface area contributed by atoms with Crippen molar-refractivity contribution in [1.29, 1.82) is 0 Å². The molecule has 0 radical (unpaired) electrons. The van der Waals surface area contributed by atoms with Crippen LogP contribution in [-0.4, -0.2) is 26.8 Å². The lowest BCUT2D eigenvalue weighted by Gasteiger charge is -2.27. The van der Waals surface area contributed by atoms with Crippen molar-refractivity contribution in [3.63, 3.8) is 0 Å². The zero-order chi connectivity index (χ0) is 20.9. The molecule has 1 aliphatic rings. The largest absolute Gasteiger partial charge is 0.334 e. The average molecular weight is 438 g/mol. The van der Waals surface area contributed by atoms with E-state index in [-0.39, 0.29) is 23.7 Å². The van der Waals surface area contributed by atoms with Gasteiger partial charge in [0.1, 0.15) is 11.3 Å². The standard InChI is InChI=1S/C19H24N4O4S2/c1-23-11-3-2-5-16(23)19(25)22-21-18(24)15-9-7-14(8-10-15)13-20-29(26,27)17-6-4-12-28-17/h2-6,11-12,14-15,20,25H,7-10,13H2,1H3/p+1. The maximum absolute atomic E-state index is 12.4. The third kappa shape index (κ3) is 5.62. The molecule has 156 valence electrons. The summed E-state index contributed by atoms with van der Waals surface area (Å²) < 4.78 is 29.0. The van der Waals surface area contributed by atoms with Gasteiger partial charge in [-0.3, -0.25) is 20.4 Å². The van der Waals surface area contributed by atoms with Crippen LogP contribution < -0.4 is 20.1 Å². The first-order valence-electron chi connectivity index (χ1n) is 9.45. The number of hydrogen-bond donors (Lipinski definition) is 3. The molecule has 0 spiro atoms. The minimum atomic E-state index is -3.45. The molecule has 1 aliphatic carbocycles. The highest BCUT2D eigenvalue weighted by atomic mass is 32.2. The van der Waals surface area contributed by atoms with Crippen molar-refractivity contribution in [1.82, 2.24) is 15.6 Å². The number of carbonyl (C=O) groups is 2. The average Bonchev–Trinajstić information content (AvgIpc) is 3.27. The summed E-state index contributed by atoms with van der Waals surface area (Å²) in [5.74, 6) is -0.579. The number of carbonyl (C=O) groups excluding carboxylic acids is 2. The summed E-state index contributed by atoms with van der Waals surface area (Å²) in [7, 11) is -1.70. The van der Waals surface area contributed by atoms with Gasteiger partial charge < -0.3 is 0 Å². The van der Waals surface area contributed by atoms with Crippen molar-refractivity contribution in [2.24, 2.45) is 18.9 Å². The van der Waals surface area contributed by atoms with E-state index in [4.69, 9.17) is 0 Å². The minimum absolute atomic E-state index is 0.190. The van der Waals surface area contributed by atoms with Gasteiger partial charge in [-0.2, -0.15) is 4.57 Å². The van der Waals surface area contributed by atoms with E-state index in [0.717, 1.165) is 12.8 Å².